The molecule has 0 saturated carbocycles. The van der Waals surface area contributed by atoms with Crippen molar-refractivity contribution in [1.29, 1.82) is 0 Å². The number of aromatic nitrogens is 4. The Kier molecular flexibility index (Phi) is 7.96. The van der Waals surface area contributed by atoms with E-state index in [1.807, 2.05) is 12.1 Å². The van der Waals surface area contributed by atoms with Crippen molar-refractivity contribution in [1.82, 2.24) is 20.2 Å². The SMILES string of the molecule is CC(=NOCc1ccc(C(F)(F)F)cc1)c1ccc(OCc2nnn(CC3CCOCC3)n2)cc1. The Morgan fingerprint density at radius 1 is 1.06 bits per heavy atom. The Morgan fingerprint density at radius 3 is 2.46 bits per heavy atom. The van der Waals surface area contributed by atoms with Crippen LogP contribution in [0.3, 0.4) is 0 Å². The Balaban J connectivity index is 1.23. The smallest absolute Gasteiger partial charge is 0.416 e. The van der Waals surface area contributed by atoms with Crippen LogP contribution in [0.4, 0.5) is 13.2 Å². The summed E-state index contributed by atoms with van der Waals surface area (Å²) in [7, 11) is 0. The summed E-state index contributed by atoms with van der Waals surface area (Å²) >= 11 is 0. The molecule has 186 valence electrons. The average Bonchev–Trinajstić information content (AvgIpc) is 3.30. The van der Waals surface area contributed by atoms with E-state index < -0.39 is 11.7 Å². The zero-order chi connectivity index (χ0) is 24.7. The molecule has 1 aliphatic heterocycles. The van der Waals surface area contributed by atoms with E-state index in [0.717, 1.165) is 50.3 Å². The quantitative estimate of drug-likeness (QED) is 0.322. The Labute approximate surface area is 200 Å². The number of hydrogen-bond donors (Lipinski definition) is 0. The first kappa shape index (κ1) is 24.6. The predicted molar refractivity (Wildman–Crippen MR) is 121 cm³/mol. The van der Waals surface area contributed by atoms with Crippen LogP contribution in [-0.4, -0.2) is 39.1 Å². The summed E-state index contributed by atoms with van der Waals surface area (Å²) in [5.41, 5.74) is 1.35. The van der Waals surface area contributed by atoms with Gasteiger partial charge in [-0.25, -0.2) is 0 Å². The molecule has 3 aromatic rings. The van der Waals surface area contributed by atoms with Crippen molar-refractivity contribution in [3.05, 3.63) is 71.0 Å². The number of nitrogens with zero attached hydrogens (tertiary/aromatic N) is 5. The molecule has 0 spiro atoms. The molecule has 4 rings (SSSR count). The average molecular weight is 489 g/mol. The number of alkyl halides is 3. The lowest BCUT2D eigenvalue weighted by molar-refractivity contribution is -0.137. The summed E-state index contributed by atoms with van der Waals surface area (Å²) in [6, 6.07) is 12.1. The van der Waals surface area contributed by atoms with Gasteiger partial charge in [0.1, 0.15) is 12.4 Å². The lowest BCUT2D eigenvalue weighted by Gasteiger charge is -2.20. The molecule has 35 heavy (non-hydrogen) atoms. The van der Waals surface area contributed by atoms with Crippen molar-refractivity contribution in [3.63, 3.8) is 0 Å². The zero-order valence-electron chi connectivity index (χ0n) is 19.2. The van der Waals surface area contributed by atoms with Gasteiger partial charge in [-0.3, -0.25) is 0 Å². The monoisotopic (exact) mass is 489 g/mol. The van der Waals surface area contributed by atoms with Crippen LogP contribution < -0.4 is 4.74 Å². The minimum atomic E-state index is -4.36. The molecule has 1 fully saturated rings. The molecule has 1 saturated heterocycles. The van der Waals surface area contributed by atoms with Crippen molar-refractivity contribution in [2.75, 3.05) is 13.2 Å². The fourth-order valence-corrected chi connectivity index (χ4v) is 3.56. The third-order valence-electron chi connectivity index (χ3n) is 5.61. The van der Waals surface area contributed by atoms with Crippen molar-refractivity contribution in [2.45, 2.75) is 45.7 Å². The summed E-state index contributed by atoms with van der Waals surface area (Å²) in [5.74, 6) is 1.66. The van der Waals surface area contributed by atoms with Gasteiger partial charge in [-0.15, -0.1) is 10.2 Å². The van der Waals surface area contributed by atoms with Crippen molar-refractivity contribution < 1.29 is 27.5 Å². The first-order valence-electron chi connectivity index (χ1n) is 11.3. The van der Waals surface area contributed by atoms with E-state index in [4.69, 9.17) is 14.3 Å². The number of halogens is 3. The number of rotatable bonds is 9. The summed E-state index contributed by atoms with van der Waals surface area (Å²) in [6.45, 7) is 4.34. The standard InChI is InChI=1S/C24H26F3N5O3/c1-17(30-35-15-19-2-6-21(7-3-19)24(25,26)27)20-4-8-22(9-5-20)34-16-23-28-31-32(29-23)14-18-10-12-33-13-11-18/h2-9,18H,10-16H2,1H3. The topological polar surface area (TPSA) is 83.7 Å². The molecule has 0 radical (unpaired) electrons. The molecule has 2 aromatic carbocycles. The minimum Gasteiger partial charge on any atom is -0.485 e. The van der Waals surface area contributed by atoms with Crippen molar-refractivity contribution in [2.24, 2.45) is 11.1 Å². The maximum atomic E-state index is 12.6. The van der Waals surface area contributed by atoms with Gasteiger partial charge in [0.05, 0.1) is 17.8 Å². The predicted octanol–water partition coefficient (Wildman–Crippen LogP) is 4.64. The molecule has 0 unspecified atom stereocenters. The molecule has 11 heteroatoms. The number of hydrogen-bond acceptors (Lipinski definition) is 7. The fourth-order valence-electron chi connectivity index (χ4n) is 3.56. The number of benzene rings is 2. The summed E-state index contributed by atoms with van der Waals surface area (Å²) in [6.07, 6.45) is -2.35. The molecule has 2 heterocycles. The Hall–Kier alpha value is -3.47. The maximum Gasteiger partial charge on any atom is 0.416 e. The lowest BCUT2D eigenvalue weighted by Crippen LogP contribution is -2.21. The van der Waals surface area contributed by atoms with Gasteiger partial charge in [-0.2, -0.15) is 18.0 Å². The number of ether oxygens (including phenoxy) is 2. The third-order valence-corrected chi connectivity index (χ3v) is 5.61. The van der Waals surface area contributed by atoms with Crippen LogP contribution in [0.15, 0.2) is 53.7 Å². The van der Waals surface area contributed by atoms with Crippen LogP contribution >= 0.6 is 0 Å². The zero-order valence-corrected chi connectivity index (χ0v) is 19.2. The highest BCUT2D eigenvalue weighted by Crippen LogP contribution is 2.29. The van der Waals surface area contributed by atoms with Crippen LogP contribution in [0.25, 0.3) is 0 Å². The highest BCUT2D eigenvalue weighted by atomic mass is 19.4. The number of tetrazole rings is 1. The first-order chi connectivity index (χ1) is 16.9. The van der Waals surface area contributed by atoms with Crippen LogP contribution in [-0.2, 0) is 35.5 Å². The summed E-state index contributed by atoms with van der Waals surface area (Å²) < 4.78 is 49.0. The highest BCUT2D eigenvalue weighted by molar-refractivity contribution is 5.98. The van der Waals surface area contributed by atoms with Gasteiger partial charge >= 0.3 is 6.18 Å². The van der Waals surface area contributed by atoms with E-state index in [9.17, 15) is 13.2 Å². The second kappa shape index (κ2) is 11.3. The largest absolute Gasteiger partial charge is 0.485 e. The minimum absolute atomic E-state index is 0.0683. The van der Waals surface area contributed by atoms with E-state index in [0.29, 0.717) is 28.8 Å². The first-order valence-corrected chi connectivity index (χ1v) is 11.3. The van der Waals surface area contributed by atoms with Gasteiger partial charge in [0.25, 0.3) is 0 Å². The van der Waals surface area contributed by atoms with E-state index in [-0.39, 0.29) is 13.2 Å². The lowest BCUT2D eigenvalue weighted by atomic mass is 10.0. The Bertz CT molecular complexity index is 1110. The summed E-state index contributed by atoms with van der Waals surface area (Å²) in [5, 5.41) is 16.6. The van der Waals surface area contributed by atoms with Gasteiger partial charge in [0.15, 0.2) is 6.61 Å². The number of oxime groups is 1. The molecule has 1 aromatic heterocycles. The van der Waals surface area contributed by atoms with Crippen LogP contribution in [0, 0.1) is 5.92 Å². The van der Waals surface area contributed by atoms with Crippen molar-refractivity contribution in [3.8, 4) is 5.75 Å². The molecule has 0 amide bonds. The molecular weight excluding hydrogens is 463 g/mol. The van der Waals surface area contributed by atoms with Gasteiger partial charge in [-0.1, -0.05) is 17.3 Å². The second-order valence-corrected chi connectivity index (χ2v) is 8.27. The van der Waals surface area contributed by atoms with E-state index in [2.05, 4.69) is 20.6 Å². The second-order valence-electron chi connectivity index (χ2n) is 8.27. The molecular formula is C24H26F3N5O3. The van der Waals surface area contributed by atoms with Gasteiger partial charge in [0, 0.05) is 13.2 Å². The third kappa shape index (κ3) is 7.25. The van der Waals surface area contributed by atoms with Gasteiger partial charge < -0.3 is 14.3 Å². The van der Waals surface area contributed by atoms with Gasteiger partial charge in [0.2, 0.25) is 5.82 Å². The molecule has 0 bridgehead atoms. The van der Waals surface area contributed by atoms with Crippen LogP contribution in [0.2, 0.25) is 0 Å². The molecule has 1 aliphatic rings. The van der Waals surface area contributed by atoms with E-state index >= 15 is 0 Å². The molecule has 0 atom stereocenters. The fraction of sp³-hybridized carbons (Fsp3) is 0.417. The maximum absolute atomic E-state index is 12.6. The molecule has 8 nitrogen and oxygen atoms in total. The van der Waals surface area contributed by atoms with Gasteiger partial charge in [-0.05, 0) is 78.4 Å². The normalized spacial score (nSPS) is 15.3. The molecule has 0 aliphatic carbocycles. The Morgan fingerprint density at radius 2 is 1.77 bits per heavy atom. The van der Waals surface area contributed by atoms with Crippen molar-refractivity contribution >= 4 is 5.71 Å². The van der Waals surface area contributed by atoms with Crippen LogP contribution in [0.1, 0.15) is 42.3 Å². The van der Waals surface area contributed by atoms with E-state index in [1.165, 1.54) is 12.1 Å². The van der Waals surface area contributed by atoms with E-state index in [1.54, 1.807) is 23.9 Å². The summed E-state index contributed by atoms with van der Waals surface area (Å²) in [4.78, 5) is 6.91. The molecule has 0 N–H and O–H groups in total. The van der Waals surface area contributed by atoms with Crippen LogP contribution in [0.5, 0.6) is 5.75 Å². The highest BCUT2D eigenvalue weighted by Gasteiger charge is 2.29.